The predicted octanol–water partition coefficient (Wildman–Crippen LogP) is 4.73. The summed E-state index contributed by atoms with van der Waals surface area (Å²) in [5, 5.41) is 0. The number of ether oxygens (including phenoxy) is 1. The third-order valence-corrected chi connectivity index (χ3v) is 3.03. The second kappa shape index (κ2) is 5.45. The van der Waals surface area contributed by atoms with Gasteiger partial charge >= 0.3 is 0 Å². The minimum Gasteiger partial charge on any atom is -0.457 e. The Balaban J connectivity index is 2.33. The van der Waals surface area contributed by atoms with Crippen LogP contribution in [0.1, 0.15) is 36.7 Å². The van der Waals surface area contributed by atoms with Crippen LogP contribution < -0.4 is 4.74 Å². The van der Waals surface area contributed by atoms with Crippen LogP contribution in [0.3, 0.4) is 0 Å². The normalized spacial score (nSPS) is 11.2. The molecule has 0 fully saturated rings. The van der Waals surface area contributed by atoms with Gasteiger partial charge in [-0.25, -0.2) is 4.39 Å². The van der Waals surface area contributed by atoms with Crippen molar-refractivity contribution < 1.29 is 13.9 Å². The number of rotatable bonds is 3. The highest BCUT2D eigenvalue weighted by Gasteiger charge is 2.14. The summed E-state index contributed by atoms with van der Waals surface area (Å²) in [7, 11) is 0. The van der Waals surface area contributed by atoms with Crippen LogP contribution in [0.4, 0.5) is 4.39 Å². The molecule has 0 aromatic heterocycles. The lowest BCUT2D eigenvalue weighted by Gasteiger charge is -2.19. The van der Waals surface area contributed by atoms with Gasteiger partial charge in [0.2, 0.25) is 0 Å². The van der Waals surface area contributed by atoms with Gasteiger partial charge in [-0.05, 0) is 41.3 Å². The summed E-state index contributed by atoms with van der Waals surface area (Å²) in [6, 6.07) is 11.6. The van der Waals surface area contributed by atoms with E-state index in [1.54, 1.807) is 0 Å². The number of benzene rings is 2. The number of carbonyl (C=O) groups excluding carboxylic acids is 1. The van der Waals surface area contributed by atoms with E-state index in [9.17, 15) is 9.18 Å². The van der Waals surface area contributed by atoms with Crippen molar-refractivity contribution in [1.82, 2.24) is 0 Å². The fourth-order valence-electron chi connectivity index (χ4n) is 1.86. The van der Waals surface area contributed by atoms with Crippen LogP contribution in [-0.2, 0) is 5.41 Å². The van der Waals surface area contributed by atoms with Crippen LogP contribution in [0.15, 0.2) is 42.5 Å². The molecule has 3 heteroatoms. The minimum absolute atomic E-state index is 0.00958. The van der Waals surface area contributed by atoms with Gasteiger partial charge in [0.1, 0.15) is 17.3 Å². The summed E-state index contributed by atoms with van der Waals surface area (Å²) in [5.41, 5.74) is 1.34. The molecule has 0 aliphatic heterocycles. The molecule has 0 radical (unpaired) electrons. The standard InChI is InChI=1S/C17H17FO2/c1-17(2,3)13-5-4-6-15(10-13)20-16-8-7-14(18)9-12(16)11-19/h4-11H,1-3H3. The Hall–Kier alpha value is -2.16. The van der Waals surface area contributed by atoms with E-state index in [0.29, 0.717) is 17.8 Å². The summed E-state index contributed by atoms with van der Waals surface area (Å²) < 4.78 is 18.8. The van der Waals surface area contributed by atoms with E-state index in [-0.39, 0.29) is 11.0 Å². The minimum atomic E-state index is -0.456. The quantitative estimate of drug-likeness (QED) is 0.755. The molecule has 0 aliphatic rings. The molecule has 2 rings (SSSR count). The van der Waals surface area contributed by atoms with Gasteiger partial charge in [0.15, 0.2) is 6.29 Å². The Morgan fingerprint density at radius 3 is 2.50 bits per heavy atom. The molecule has 104 valence electrons. The smallest absolute Gasteiger partial charge is 0.153 e. The van der Waals surface area contributed by atoms with Gasteiger partial charge in [0.05, 0.1) is 5.56 Å². The Morgan fingerprint density at radius 2 is 1.85 bits per heavy atom. The molecule has 2 aromatic rings. The lowest BCUT2D eigenvalue weighted by atomic mass is 9.87. The van der Waals surface area contributed by atoms with Crippen LogP contribution in [0.5, 0.6) is 11.5 Å². The first-order chi connectivity index (χ1) is 9.40. The summed E-state index contributed by atoms with van der Waals surface area (Å²) >= 11 is 0. The SMILES string of the molecule is CC(C)(C)c1cccc(Oc2ccc(F)cc2C=O)c1. The molecular formula is C17H17FO2. The number of carbonyl (C=O) groups is 1. The van der Waals surface area contributed by atoms with E-state index < -0.39 is 5.82 Å². The molecule has 0 N–H and O–H groups in total. The first kappa shape index (κ1) is 14.3. The highest BCUT2D eigenvalue weighted by atomic mass is 19.1. The van der Waals surface area contributed by atoms with Crippen molar-refractivity contribution in [2.75, 3.05) is 0 Å². The third kappa shape index (κ3) is 3.23. The molecule has 0 unspecified atom stereocenters. The molecule has 0 saturated carbocycles. The summed E-state index contributed by atoms with van der Waals surface area (Å²) in [4.78, 5) is 10.9. The Morgan fingerprint density at radius 1 is 1.10 bits per heavy atom. The van der Waals surface area contributed by atoms with Crippen molar-refractivity contribution in [1.29, 1.82) is 0 Å². The Labute approximate surface area is 118 Å². The molecule has 0 saturated heterocycles. The van der Waals surface area contributed by atoms with Crippen molar-refractivity contribution in [2.24, 2.45) is 0 Å². The fourth-order valence-corrected chi connectivity index (χ4v) is 1.86. The van der Waals surface area contributed by atoms with Gasteiger partial charge in [0, 0.05) is 0 Å². The molecule has 0 spiro atoms. The van der Waals surface area contributed by atoms with Crippen molar-refractivity contribution in [3.05, 3.63) is 59.4 Å². The van der Waals surface area contributed by atoms with Crippen molar-refractivity contribution in [3.63, 3.8) is 0 Å². The van der Waals surface area contributed by atoms with Gasteiger partial charge < -0.3 is 4.74 Å². The molecule has 20 heavy (non-hydrogen) atoms. The van der Waals surface area contributed by atoms with E-state index in [4.69, 9.17) is 4.74 Å². The summed E-state index contributed by atoms with van der Waals surface area (Å²) in [6.07, 6.45) is 0.589. The highest BCUT2D eigenvalue weighted by molar-refractivity contribution is 5.79. The van der Waals surface area contributed by atoms with Crippen LogP contribution >= 0.6 is 0 Å². The van der Waals surface area contributed by atoms with Gasteiger partial charge in [-0.15, -0.1) is 0 Å². The van der Waals surface area contributed by atoms with E-state index >= 15 is 0 Å². The predicted molar refractivity (Wildman–Crippen MR) is 77.0 cm³/mol. The highest BCUT2D eigenvalue weighted by Crippen LogP contribution is 2.29. The molecule has 0 amide bonds. The van der Waals surface area contributed by atoms with Gasteiger partial charge in [0.25, 0.3) is 0 Å². The maximum absolute atomic E-state index is 13.1. The first-order valence-electron chi connectivity index (χ1n) is 6.43. The van der Waals surface area contributed by atoms with E-state index in [1.165, 1.54) is 12.1 Å². The zero-order valence-electron chi connectivity index (χ0n) is 11.8. The third-order valence-electron chi connectivity index (χ3n) is 3.03. The number of hydrogen-bond donors (Lipinski definition) is 0. The zero-order chi connectivity index (χ0) is 14.8. The first-order valence-corrected chi connectivity index (χ1v) is 6.43. The van der Waals surface area contributed by atoms with E-state index in [1.807, 2.05) is 24.3 Å². The average Bonchev–Trinajstić information content (AvgIpc) is 2.40. The number of halogens is 1. The van der Waals surface area contributed by atoms with Crippen LogP contribution in [-0.4, -0.2) is 6.29 Å². The second-order valence-electron chi connectivity index (χ2n) is 5.68. The maximum atomic E-state index is 13.1. The van der Waals surface area contributed by atoms with E-state index in [0.717, 1.165) is 11.6 Å². The lowest BCUT2D eigenvalue weighted by Crippen LogP contribution is -2.10. The Kier molecular flexibility index (Phi) is 3.89. The molecule has 0 heterocycles. The molecule has 2 nitrogen and oxygen atoms in total. The van der Waals surface area contributed by atoms with Crippen LogP contribution in [0.2, 0.25) is 0 Å². The van der Waals surface area contributed by atoms with Crippen molar-refractivity contribution >= 4 is 6.29 Å². The number of hydrogen-bond acceptors (Lipinski definition) is 2. The molecule has 0 aliphatic carbocycles. The maximum Gasteiger partial charge on any atom is 0.153 e. The Bertz CT molecular complexity index is 627. The van der Waals surface area contributed by atoms with Crippen molar-refractivity contribution in [2.45, 2.75) is 26.2 Å². The van der Waals surface area contributed by atoms with Gasteiger partial charge in [-0.1, -0.05) is 32.9 Å². The molecule has 0 atom stereocenters. The van der Waals surface area contributed by atoms with Crippen LogP contribution in [0, 0.1) is 5.82 Å². The molecular weight excluding hydrogens is 255 g/mol. The summed E-state index contributed by atoms with van der Waals surface area (Å²) in [6.45, 7) is 6.34. The van der Waals surface area contributed by atoms with E-state index in [2.05, 4.69) is 20.8 Å². The largest absolute Gasteiger partial charge is 0.457 e. The monoisotopic (exact) mass is 272 g/mol. The van der Waals surface area contributed by atoms with Gasteiger partial charge in [-0.3, -0.25) is 4.79 Å². The molecule has 0 bridgehead atoms. The van der Waals surface area contributed by atoms with Gasteiger partial charge in [-0.2, -0.15) is 0 Å². The van der Waals surface area contributed by atoms with Crippen LogP contribution in [0.25, 0.3) is 0 Å². The lowest BCUT2D eigenvalue weighted by molar-refractivity contribution is 0.112. The fraction of sp³-hybridized carbons (Fsp3) is 0.235. The summed E-state index contributed by atoms with van der Waals surface area (Å²) in [5.74, 6) is 0.530. The second-order valence-corrected chi connectivity index (χ2v) is 5.68. The van der Waals surface area contributed by atoms with Crippen molar-refractivity contribution in [3.8, 4) is 11.5 Å². The average molecular weight is 272 g/mol. The topological polar surface area (TPSA) is 26.3 Å². The molecule has 2 aromatic carbocycles. The number of aldehydes is 1. The zero-order valence-corrected chi connectivity index (χ0v) is 11.8.